The van der Waals surface area contributed by atoms with Crippen LogP contribution in [-0.4, -0.2) is 42.1 Å². The fraction of sp³-hybridized carbons (Fsp3) is 0.917. The average Bonchev–Trinajstić information content (AvgIpc) is 2.59. The zero-order valence-electron chi connectivity index (χ0n) is 20.5. The Bertz CT molecular complexity index is 515. The van der Waals surface area contributed by atoms with Gasteiger partial charge in [-0.15, -0.1) is 0 Å². The summed E-state index contributed by atoms with van der Waals surface area (Å²) in [5, 5.41) is 0. The van der Waals surface area contributed by atoms with Gasteiger partial charge in [-0.05, 0) is 61.3 Å². The zero-order chi connectivity index (χ0) is 23.0. The molecule has 0 saturated carbocycles. The number of esters is 2. The van der Waals surface area contributed by atoms with Crippen molar-refractivity contribution in [2.24, 2.45) is 5.41 Å². The van der Waals surface area contributed by atoms with Crippen LogP contribution in [0.5, 0.6) is 0 Å². The molecule has 1 heterocycles. The number of hydrogen-bond donors (Lipinski definition) is 0. The molecule has 0 aromatic heterocycles. The third kappa shape index (κ3) is 8.18. The second-order valence-electron chi connectivity index (χ2n) is 10.2. The fourth-order valence-corrected chi connectivity index (χ4v) is 3.72. The van der Waals surface area contributed by atoms with E-state index in [1.165, 1.54) is 6.42 Å². The molecule has 1 aliphatic heterocycles. The van der Waals surface area contributed by atoms with Gasteiger partial charge in [0.05, 0.1) is 6.10 Å². The normalized spacial score (nSPS) is 21.9. The SMILES string of the molecule is CCCCCCC[C@@H]1O[C@@H](OCC)CCC1(C(=O)OC(C)(C)C)C(=O)OC(C)(C)C. The molecule has 176 valence electrons. The van der Waals surface area contributed by atoms with Crippen molar-refractivity contribution in [1.29, 1.82) is 0 Å². The van der Waals surface area contributed by atoms with Crippen LogP contribution in [0, 0.1) is 5.41 Å². The molecule has 0 aromatic rings. The third-order valence-electron chi connectivity index (χ3n) is 5.09. The summed E-state index contributed by atoms with van der Waals surface area (Å²) >= 11 is 0. The molecule has 0 amide bonds. The second-order valence-corrected chi connectivity index (χ2v) is 10.2. The van der Waals surface area contributed by atoms with E-state index in [0.29, 0.717) is 25.9 Å². The Balaban J connectivity index is 3.21. The van der Waals surface area contributed by atoms with Crippen LogP contribution >= 0.6 is 0 Å². The molecule has 0 aromatic carbocycles. The largest absolute Gasteiger partial charge is 0.459 e. The van der Waals surface area contributed by atoms with Crippen molar-refractivity contribution in [2.75, 3.05) is 6.61 Å². The predicted octanol–water partition coefficient (Wildman–Crippen LogP) is 5.56. The van der Waals surface area contributed by atoms with Crippen molar-refractivity contribution >= 4 is 11.9 Å². The minimum Gasteiger partial charge on any atom is -0.459 e. The van der Waals surface area contributed by atoms with Gasteiger partial charge in [0.2, 0.25) is 0 Å². The highest BCUT2D eigenvalue weighted by atomic mass is 16.7. The lowest BCUT2D eigenvalue weighted by Gasteiger charge is -2.44. The van der Waals surface area contributed by atoms with Gasteiger partial charge in [-0.3, -0.25) is 9.59 Å². The van der Waals surface area contributed by atoms with Gasteiger partial charge in [0, 0.05) is 13.0 Å². The van der Waals surface area contributed by atoms with Gasteiger partial charge >= 0.3 is 11.9 Å². The van der Waals surface area contributed by atoms with Crippen LogP contribution in [0.25, 0.3) is 0 Å². The third-order valence-corrected chi connectivity index (χ3v) is 5.09. The van der Waals surface area contributed by atoms with Crippen molar-refractivity contribution < 1.29 is 28.5 Å². The minimum absolute atomic E-state index is 0.293. The van der Waals surface area contributed by atoms with E-state index in [-0.39, 0.29) is 0 Å². The first-order chi connectivity index (χ1) is 13.9. The summed E-state index contributed by atoms with van der Waals surface area (Å²) in [6, 6.07) is 0. The Kier molecular flexibility index (Phi) is 10.3. The number of carbonyl (C=O) groups is 2. The highest BCUT2D eigenvalue weighted by Gasteiger charge is 2.59. The molecule has 0 radical (unpaired) electrons. The first-order valence-electron chi connectivity index (χ1n) is 11.6. The van der Waals surface area contributed by atoms with Crippen LogP contribution in [-0.2, 0) is 28.5 Å². The Morgan fingerprint density at radius 1 is 0.900 bits per heavy atom. The van der Waals surface area contributed by atoms with E-state index in [0.717, 1.165) is 25.7 Å². The van der Waals surface area contributed by atoms with E-state index < -0.39 is 40.9 Å². The molecular weight excluding hydrogens is 384 g/mol. The monoisotopic (exact) mass is 428 g/mol. The van der Waals surface area contributed by atoms with E-state index in [2.05, 4.69) is 6.92 Å². The van der Waals surface area contributed by atoms with Crippen molar-refractivity contribution in [3.63, 3.8) is 0 Å². The van der Waals surface area contributed by atoms with Crippen LogP contribution in [0.1, 0.15) is 107 Å². The Hall–Kier alpha value is -1.14. The van der Waals surface area contributed by atoms with Crippen molar-refractivity contribution in [3.05, 3.63) is 0 Å². The average molecular weight is 429 g/mol. The van der Waals surface area contributed by atoms with E-state index in [1.807, 2.05) is 6.92 Å². The van der Waals surface area contributed by atoms with Gasteiger partial charge < -0.3 is 18.9 Å². The standard InChI is InChI=1S/C24H44O6/c1-9-11-12-13-14-15-18-24(20(25)29-22(3,4)5,21(26)30-23(6,7)8)17-16-19(28-18)27-10-2/h18-19H,9-17H2,1-8H3/t18-,19+/m0/s1. The molecule has 30 heavy (non-hydrogen) atoms. The Morgan fingerprint density at radius 3 is 1.90 bits per heavy atom. The number of carbonyl (C=O) groups excluding carboxylic acids is 2. The van der Waals surface area contributed by atoms with Gasteiger partial charge in [0.25, 0.3) is 0 Å². The summed E-state index contributed by atoms with van der Waals surface area (Å²) in [4.78, 5) is 26.9. The molecule has 1 aliphatic rings. The van der Waals surface area contributed by atoms with Crippen molar-refractivity contribution in [3.8, 4) is 0 Å². The molecule has 0 spiro atoms. The molecule has 0 N–H and O–H groups in total. The molecule has 0 aliphatic carbocycles. The summed E-state index contributed by atoms with van der Waals surface area (Å²) < 4.78 is 23.3. The van der Waals surface area contributed by atoms with E-state index in [9.17, 15) is 9.59 Å². The maximum absolute atomic E-state index is 13.4. The van der Waals surface area contributed by atoms with Crippen LogP contribution in [0.3, 0.4) is 0 Å². The number of ether oxygens (including phenoxy) is 4. The quantitative estimate of drug-likeness (QED) is 0.258. The lowest BCUT2D eigenvalue weighted by Crippen LogP contribution is -2.58. The highest BCUT2D eigenvalue weighted by Crippen LogP contribution is 2.43. The van der Waals surface area contributed by atoms with Crippen molar-refractivity contribution in [2.45, 2.75) is 130 Å². The highest BCUT2D eigenvalue weighted by molar-refractivity contribution is 6.01. The fourth-order valence-electron chi connectivity index (χ4n) is 3.72. The summed E-state index contributed by atoms with van der Waals surface area (Å²) in [5.74, 6) is -1.12. The molecule has 1 fully saturated rings. The van der Waals surface area contributed by atoms with E-state index in [4.69, 9.17) is 18.9 Å². The number of rotatable bonds is 10. The molecule has 2 atom stereocenters. The summed E-state index contributed by atoms with van der Waals surface area (Å²) in [7, 11) is 0. The molecule has 6 nitrogen and oxygen atoms in total. The smallest absolute Gasteiger partial charge is 0.326 e. The van der Waals surface area contributed by atoms with Crippen molar-refractivity contribution in [1.82, 2.24) is 0 Å². The Labute approximate surface area is 183 Å². The Morgan fingerprint density at radius 2 is 1.43 bits per heavy atom. The van der Waals surface area contributed by atoms with Crippen LogP contribution in [0.4, 0.5) is 0 Å². The van der Waals surface area contributed by atoms with Crippen LogP contribution < -0.4 is 0 Å². The molecule has 6 heteroatoms. The molecule has 1 rings (SSSR count). The topological polar surface area (TPSA) is 71.1 Å². The lowest BCUT2D eigenvalue weighted by molar-refractivity contribution is -0.247. The van der Waals surface area contributed by atoms with Gasteiger partial charge in [-0.25, -0.2) is 0 Å². The maximum Gasteiger partial charge on any atom is 0.326 e. The summed E-state index contributed by atoms with van der Waals surface area (Å²) in [5.41, 5.74) is -2.90. The van der Waals surface area contributed by atoms with Gasteiger partial charge in [-0.1, -0.05) is 39.0 Å². The van der Waals surface area contributed by atoms with Gasteiger partial charge in [0.1, 0.15) is 11.2 Å². The number of unbranched alkanes of at least 4 members (excludes halogenated alkanes) is 4. The molecule has 0 unspecified atom stereocenters. The van der Waals surface area contributed by atoms with Crippen LogP contribution in [0.15, 0.2) is 0 Å². The summed E-state index contributed by atoms with van der Waals surface area (Å²) in [6.07, 6.45) is 5.64. The second kappa shape index (κ2) is 11.5. The van der Waals surface area contributed by atoms with E-state index in [1.54, 1.807) is 41.5 Å². The molecule has 0 bridgehead atoms. The van der Waals surface area contributed by atoms with Gasteiger partial charge in [-0.2, -0.15) is 0 Å². The first-order valence-corrected chi connectivity index (χ1v) is 11.6. The van der Waals surface area contributed by atoms with Gasteiger partial charge in [0.15, 0.2) is 11.7 Å². The number of hydrogen-bond acceptors (Lipinski definition) is 6. The first kappa shape index (κ1) is 26.9. The molecular formula is C24H44O6. The van der Waals surface area contributed by atoms with Crippen LogP contribution in [0.2, 0.25) is 0 Å². The van der Waals surface area contributed by atoms with E-state index >= 15 is 0 Å². The minimum atomic E-state index is -1.47. The lowest BCUT2D eigenvalue weighted by atomic mass is 9.73. The zero-order valence-corrected chi connectivity index (χ0v) is 20.5. The molecule has 1 saturated heterocycles. The maximum atomic E-state index is 13.4. The summed E-state index contributed by atoms with van der Waals surface area (Å²) in [6.45, 7) is 15.4. The predicted molar refractivity (Wildman–Crippen MR) is 117 cm³/mol.